The third-order valence-corrected chi connectivity index (χ3v) is 1.80. The number of nitrogens with zero attached hydrogens (tertiary/aromatic N) is 2. The van der Waals surface area contributed by atoms with E-state index in [1.165, 1.54) is 6.08 Å². The molecule has 0 unspecified atom stereocenters. The van der Waals surface area contributed by atoms with Crippen LogP contribution in [-0.4, -0.2) is 24.8 Å². The number of rotatable bonds is 3. The van der Waals surface area contributed by atoms with E-state index in [9.17, 15) is 4.79 Å². The van der Waals surface area contributed by atoms with Crippen molar-refractivity contribution >= 4 is 5.78 Å². The molecule has 15 heavy (non-hydrogen) atoms. The number of hydrogen-bond donors (Lipinski definition) is 0. The van der Waals surface area contributed by atoms with Crippen LogP contribution in [0.3, 0.4) is 0 Å². The molecule has 0 atom stereocenters. The Morgan fingerprint density at radius 3 is 2.80 bits per heavy atom. The molecule has 0 N–H and O–H groups in total. The standard InChI is InChI=1S/C12H12N2O/c1-14(2)7-6-12(15)11-5-3-4-10(8-11)9-13/h3-8H,1-2H3/b7-6+. The lowest BCUT2D eigenvalue weighted by Gasteiger charge is -2.02. The molecule has 3 heteroatoms. The van der Waals surface area contributed by atoms with Gasteiger partial charge < -0.3 is 4.90 Å². The second kappa shape index (κ2) is 4.97. The second-order valence-corrected chi connectivity index (χ2v) is 3.34. The molecule has 1 rings (SSSR count). The molecule has 0 fully saturated rings. The van der Waals surface area contributed by atoms with Crippen LogP contribution in [0.2, 0.25) is 0 Å². The first-order valence-corrected chi connectivity index (χ1v) is 4.52. The number of allylic oxidation sites excluding steroid dienone is 1. The Labute approximate surface area is 89.2 Å². The van der Waals surface area contributed by atoms with Crippen molar-refractivity contribution < 1.29 is 4.79 Å². The van der Waals surface area contributed by atoms with Crippen LogP contribution in [-0.2, 0) is 0 Å². The van der Waals surface area contributed by atoms with E-state index in [1.54, 1.807) is 35.4 Å². The predicted octanol–water partition coefficient (Wildman–Crippen LogP) is 1.82. The summed E-state index contributed by atoms with van der Waals surface area (Å²) in [7, 11) is 3.69. The van der Waals surface area contributed by atoms with Crippen molar-refractivity contribution in [2.75, 3.05) is 14.1 Å². The lowest BCUT2D eigenvalue weighted by molar-refractivity contribution is 0.104. The molecule has 0 aliphatic heterocycles. The summed E-state index contributed by atoms with van der Waals surface area (Å²) in [4.78, 5) is 13.4. The summed E-state index contributed by atoms with van der Waals surface area (Å²) in [5.74, 6) is -0.0965. The van der Waals surface area contributed by atoms with Crippen molar-refractivity contribution in [3.05, 3.63) is 47.7 Å². The summed E-state index contributed by atoms with van der Waals surface area (Å²) in [6, 6.07) is 8.66. The number of hydrogen-bond acceptors (Lipinski definition) is 3. The van der Waals surface area contributed by atoms with Crippen molar-refractivity contribution in [2.45, 2.75) is 0 Å². The summed E-state index contributed by atoms with van der Waals surface area (Å²) in [6.07, 6.45) is 3.16. The summed E-state index contributed by atoms with van der Waals surface area (Å²) >= 11 is 0. The van der Waals surface area contributed by atoms with Crippen molar-refractivity contribution in [2.24, 2.45) is 0 Å². The van der Waals surface area contributed by atoms with E-state index >= 15 is 0 Å². The molecule has 76 valence electrons. The first-order valence-electron chi connectivity index (χ1n) is 4.52. The maximum atomic E-state index is 11.6. The quantitative estimate of drug-likeness (QED) is 0.552. The van der Waals surface area contributed by atoms with Gasteiger partial charge in [0.15, 0.2) is 5.78 Å². The Hall–Kier alpha value is -2.08. The SMILES string of the molecule is CN(C)/C=C/C(=O)c1cccc(C#N)c1. The monoisotopic (exact) mass is 200 g/mol. The van der Waals surface area contributed by atoms with Crippen molar-refractivity contribution in [3.63, 3.8) is 0 Å². The van der Waals surface area contributed by atoms with Crippen LogP contribution in [0, 0.1) is 11.3 Å². The molecular weight excluding hydrogens is 188 g/mol. The lowest BCUT2D eigenvalue weighted by Crippen LogP contribution is -2.03. The van der Waals surface area contributed by atoms with Crippen LogP contribution in [0.5, 0.6) is 0 Å². The van der Waals surface area contributed by atoms with Gasteiger partial charge in [0.2, 0.25) is 0 Å². The fraction of sp³-hybridized carbons (Fsp3) is 0.167. The van der Waals surface area contributed by atoms with Gasteiger partial charge in [-0.05, 0) is 12.1 Å². The van der Waals surface area contributed by atoms with Crippen LogP contribution < -0.4 is 0 Å². The highest BCUT2D eigenvalue weighted by Crippen LogP contribution is 2.05. The van der Waals surface area contributed by atoms with Crippen molar-refractivity contribution in [1.82, 2.24) is 4.90 Å². The molecular formula is C12H12N2O. The number of benzene rings is 1. The van der Waals surface area contributed by atoms with E-state index in [4.69, 9.17) is 5.26 Å². The number of nitriles is 1. The van der Waals surface area contributed by atoms with E-state index in [-0.39, 0.29) is 5.78 Å². The van der Waals surface area contributed by atoms with E-state index in [0.29, 0.717) is 11.1 Å². The minimum Gasteiger partial charge on any atom is -0.383 e. The molecule has 3 nitrogen and oxygen atoms in total. The Bertz CT molecular complexity index is 427. The van der Waals surface area contributed by atoms with Gasteiger partial charge in [-0.2, -0.15) is 5.26 Å². The van der Waals surface area contributed by atoms with Gasteiger partial charge in [0, 0.05) is 31.9 Å². The van der Waals surface area contributed by atoms with E-state index < -0.39 is 0 Å². The average molecular weight is 200 g/mol. The van der Waals surface area contributed by atoms with E-state index in [0.717, 1.165) is 0 Å². The normalized spacial score (nSPS) is 9.93. The zero-order valence-corrected chi connectivity index (χ0v) is 8.77. The average Bonchev–Trinajstić information content (AvgIpc) is 2.26. The third-order valence-electron chi connectivity index (χ3n) is 1.80. The minimum atomic E-state index is -0.0965. The minimum absolute atomic E-state index is 0.0965. The van der Waals surface area contributed by atoms with Gasteiger partial charge >= 0.3 is 0 Å². The van der Waals surface area contributed by atoms with E-state index in [2.05, 4.69) is 0 Å². The maximum Gasteiger partial charge on any atom is 0.187 e. The van der Waals surface area contributed by atoms with Gasteiger partial charge in [-0.3, -0.25) is 4.79 Å². The lowest BCUT2D eigenvalue weighted by atomic mass is 10.1. The molecule has 0 saturated carbocycles. The van der Waals surface area contributed by atoms with Crippen LogP contribution in [0.15, 0.2) is 36.5 Å². The van der Waals surface area contributed by atoms with Crippen LogP contribution in [0.4, 0.5) is 0 Å². The molecule has 0 aliphatic rings. The van der Waals surface area contributed by atoms with Crippen molar-refractivity contribution in [1.29, 1.82) is 5.26 Å². The molecule has 1 aromatic carbocycles. The maximum absolute atomic E-state index is 11.6. The Balaban J connectivity index is 2.88. The highest BCUT2D eigenvalue weighted by atomic mass is 16.1. The molecule has 0 aliphatic carbocycles. The number of carbonyl (C=O) groups is 1. The largest absolute Gasteiger partial charge is 0.383 e. The Morgan fingerprint density at radius 2 is 2.20 bits per heavy atom. The molecule has 0 saturated heterocycles. The van der Waals surface area contributed by atoms with Gasteiger partial charge in [0.1, 0.15) is 0 Å². The molecule has 0 radical (unpaired) electrons. The predicted molar refractivity (Wildman–Crippen MR) is 58.3 cm³/mol. The summed E-state index contributed by atoms with van der Waals surface area (Å²) in [6.45, 7) is 0. The van der Waals surface area contributed by atoms with Crippen LogP contribution in [0.25, 0.3) is 0 Å². The smallest absolute Gasteiger partial charge is 0.187 e. The van der Waals surface area contributed by atoms with Gasteiger partial charge in [-0.15, -0.1) is 0 Å². The second-order valence-electron chi connectivity index (χ2n) is 3.34. The number of ketones is 1. The van der Waals surface area contributed by atoms with Crippen LogP contribution >= 0.6 is 0 Å². The summed E-state index contributed by atoms with van der Waals surface area (Å²) < 4.78 is 0. The molecule has 0 spiro atoms. The van der Waals surface area contributed by atoms with Gasteiger partial charge in [0.05, 0.1) is 11.6 Å². The molecule has 0 amide bonds. The summed E-state index contributed by atoms with van der Waals surface area (Å²) in [5.41, 5.74) is 1.03. The third kappa shape index (κ3) is 3.28. The highest BCUT2D eigenvalue weighted by Gasteiger charge is 2.02. The fourth-order valence-corrected chi connectivity index (χ4v) is 1.06. The molecule has 1 aromatic rings. The first-order chi connectivity index (χ1) is 7.13. The topological polar surface area (TPSA) is 44.1 Å². The van der Waals surface area contributed by atoms with Gasteiger partial charge in [-0.25, -0.2) is 0 Å². The van der Waals surface area contributed by atoms with E-state index in [1.807, 2.05) is 20.2 Å². The molecule has 0 bridgehead atoms. The zero-order chi connectivity index (χ0) is 11.3. The van der Waals surface area contributed by atoms with Crippen molar-refractivity contribution in [3.8, 4) is 6.07 Å². The summed E-state index contributed by atoms with van der Waals surface area (Å²) in [5, 5.41) is 8.67. The van der Waals surface area contributed by atoms with Gasteiger partial charge in [-0.1, -0.05) is 12.1 Å². The Morgan fingerprint density at radius 1 is 1.47 bits per heavy atom. The van der Waals surface area contributed by atoms with Crippen LogP contribution in [0.1, 0.15) is 15.9 Å². The zero-order valence-electron chi connectivity index (χ0n) is 8.77. The highest BCUT2D eigenvalue weighted by molar-refractivity contribution is 6.04. The molecule has 0 aromatic heterocycles. The molecule has 0 heterocycles. The fourth-order valence-electron chi connectivity index (χ4n) is 1.06. The first kappa shape index (κ1) is 11.0. The number of carbonyl (C=O) groups excluding carboxylic acids is 1. The van der Waals surface area contributed by atoms with Gasteiger partial charge in [0.25, 0.3) is 0 Å². The Kier molecular flexibility index (Phi) is 3.64.